The molecular formula is C9H11BrN4S. The van der Waals surface area contributed by atoms with Crippen LogP contribution in [0.3, 0.4) is 0 Å². The molecule has 2 aromatic rings. The third kappa shape index (κ3) is 2.63. The Balaban J connectivity index is 1.96. The molecule has 0 N–H and O–H groups in total. The summed E-state index contributed by atoms with van der Waals surface area (Å²) in [6.45, 7) is 2.90. The van der Waals surface area contributed by atoms with Gasteiger partial charge in [-0.05, 0) is 6.92 Å². The van der Waals surface area contributed by atoms with Gasteiger partial charge in [-0.15, -0.1) is 16.4 Å². The predicted molar refractivity (Wildman–Crippen MR) is 63.2 cm³/mol. The molecule has 0 atom stereocenters. The van der Waals surface area contributed by atoms with Gasteiger partial charge in [0, 0.05) is 29.4 Å². The minimum Gasteiger partial charge on any atom is -0.252 e. The Kier molecular flexibility index (Phi) is 3.48. The van der Waals surface area contributed by atoms with Crippen molar-refractivity contribution in [3.63, 3.8) is 0 Å². The third-order valence-electron chi connectivity index (χ3n) is 2.14. The van der Waals surface area contributed by atoms with Gasteiger partial charge >= 0.3 is 0 Å². The highest BCUT2D eigenvalue weighted by Crippen LogP contribution is 2.13. The number of hydrogen-bond donors (Lipinski definition) is 0. The van der Waals surface area contributed by atoms with E-state index in [1.54, 1.807) is 11.3 Å². The number of thiazole rings is 1. The van der Waals surface area contributed by atoms with Crippen LogP contribution in [0, 0.1) is 6.92 Å². The van der Waals surface area contributed by atoms with E-state index in [2.05, 4.69) is 31.2 Å². The molecule has 15 heavy (non-hydrogen) atoms. The van der Waals surface area contributed by atoms with Crippen LogP contribution in [-0.2, 0) is 18.3 Å². The first-order valence-corrected chi connectivity index (χ1v) is 6.63. The lowest BCUT2D eigenvalue weighted by molar-refractivity contribution is 0.591. The van der Waals surface area contributed by atoms with Gasteiger partial charge in [0.2, 0.25) is 0 Å². The summed E-state index contributed by atoms with van der Waals surface area (Å²) < 4.78 is 1.87. The van der Waals surface area contributed by atoms with Gasteiger partial charge in [-0.25, -0.2) is 4.98 Å². The van der Waals surface area contributed by atoms with Gasteiger partial charge in [-0.1, -0.05) is 21.1 Å². The van der Waals surface area contributed by atoms with E-state index in [1.165, 1.54) is 4.88 Å². The summed E-state index contributed by atoms with van der Waals surface area (Å²) in [5, 5.41) is 8.80. The van der Waals surface area contributed by atoms with E-state index in [1.807, 2.05) is 23.3 Å². The van der Waals surface area contributed by atoms with Crippen LogP contribution in [0.2, 0.25) is 0 Å². The van der Waals surface area contributed by atoms with E-state index in [-0.39, 0.29) is 0 Å². The lowest BCUT2D eigenvalue weighted by Gasteiger charge is -1.98. The molecule has 0 fully saturated rings. The average Bonchev–Trinajstić information content (AvgIpc) is 2.84. The third-order valence-corrected chi connectivity index (χ3v) is 3.71. The summed E-state index contributed by atoms with van der Waals surface area (Å²) in [4.78, 5) is 5.54. The molecule has 0 amide bonds. The lowest BCUT2D eigenvalue weighted by Crippen LogP contribution is -2.01. The van der Waals surface area contributed by atoms with Crippen LogP contribution in [0.15, 0.2) is 11.7 Å². The predicted octanol–water partition coefficient (Wildman–Crippen LogP) is 2.18. The minimum atomic E-state index is 0.757. The molecular weight excluding hydrogens is 276 g/mol. The molecule has 0 radical (unpaired) electrons. The molecule has 6 heteroatoms. The van der Waals surface area contributed by atoms with Crippen LogP contribution in [-0.4, -0.2) is 20.0 Å². The van der Waals surface area contributed by atoms with Gasteiger partial charge in [-0.3, -0.25) is 4.68 Å². The molecule has 0 aromatic carbocycles. The van der Waals surface area contributed by atoms with Crippen molar-refractivity contribution in [2.45, 2.75) is 25.2 Å². The lowest BCUT2D eigenvalue weighted by atomic mass is 10.3. The van der Waals surface area contributed by atoms with Crippen LogP contribution in [0.5, 0.6) is 0 Å². The topological polar surface area (TPSA) is 43.6 Å². The maximum atomic E-state index is 4.22. The number of nitrogens with zero attached hydrogens (tertiary/aromatic N) is 4. The van der Waals surface area contributed by atoms with Crippen molar-refractivity contribution < 1.29 is 0 Å². The van der Waals surface area contributed by atoms with Crippen molar-refractivity contribution >= 4 is 27.3 Å². The second kappa shape index (κ2) is 4.85. The fraction of sp³-hybridized carbons (Fsp3) is 0.444. The highest BCUT2D eigenvalue weighted by atomic mass is 79.9. The van der Waals surface area contributed by atoms with Crippen molar-refractivity contribution in [1.82, 2.24) is 20.0 Å². The van der Waals surface area contributed by atoms with Crippen molar-refractivity contribution in [3.05, 3.63) is 28.0 Å². The summed E-state index contributed by atoms with van der Waals surface area (Å²) in [6.07, 6.45) is 2.94. The normalized spacial score (nSPS) is 10.8. The summed E-state index contributed by atoms with van der Waals surface area (Å²) in [6, 6.07) is 0. The quantitative estimate of drug-likeness (QED) is 0.810. The monoisotopic (exact) mass is 286 g/mol. The Labute approximate surface area is 100 Å². The Morgan fingerprint density at radius 2 is 2.40 bits per heavy atom. The second-order valence-corrected chi connectivity index (χ2v) is 4.72. The summed E-state index contributed by atoms with van der Waals surface area (Å²) in [5.41, 5.74) is 3.98. The second-order valence-electron chi connectivity index (χ2n) is 3.22. The number of aryl methyl sites for hydroxylation is 3. The Bertz CT molecular complexity index is 437. The maximum Gasteiger partial charge on any atom is 0.0932 e. The maximum absolute atomic E-state index is 4.22. The molecule has 0 bridgehead atoms. The molecule has 0 saturated carbocycles. The number of halogens is 1. The van der Waals surface area contributed by atoms with Crippen molar-refractivity contribution in [3.8, 4) is 0 Å². The Morgan fingerprint density at radius 3 is 3.00 bits per heavy atom. The summed E-state index contributed by atoms with van der Waals surface area (Å²) >= 11 is 5.05. The van der Waals surface area contributed by atoms with Gasteiger partial charge in [-0.2, -0.15) is 0 Å². The molecule has 0 unspecified atom stereocenters. The van der Waals surface area contributed by atoms with Crippen LogP contribution >= 0.6 is 27.3 Å². The first-order chi connectivity index (χ1) is 7.29. The molecule has 2 rings (SSSR count). The largest absolute Gasteiger partial charge is 0.252 e. The van der Waals surface area contributed by atoms with Crippen molar-refractivity contribution in [1.29, 1.82) is 0 Å². The van der Waals surface area contributed by atoms with Crippen LogP contribution in [0.4, 0.5) is 0 Å². The number of rotatable bonds is 4. The zero-order valence-corrected chi connectivity index (χ0v) is 10.8. The van der Waals surface area contributed by atoms with E-state index in [4.69, 9.17) is 0 Å². The molecule has 80 valence electrons. The van der Waals surface area contributed by atoms with Gasteiger partial charge < -0.3 is 0 Å². The molecule has 0 spiro atoms. The summed E-state index contributed by atoms with van der Waals surface area (Å²) in [5.74, 6) is 0. The Hall–Kier alpha value is -0.750. The molecule has 0 aliphatic rings. The standard InChI is InChI=1S/C9H11BrN4S/c1-7-9(15-6-11-7)2-3-14-5-8(4-10)12-13-14/h5-6H,2-4H2,1H3. The zero-order valence-electron chi connectivity index (χ0n) is 8.35. The first-order valence-electron chi connectivity index (χ1n) is 4.63. The van der Waals surface area contributed by atoms with Gasteiger partial charge in [0.25, 0.3) is 0 Å². The van der Waals surface area contributed by atoms with E-state index >= 15 is 0 Å². The van der Waals surface area contributed by atoms with Gasteiger partial charge in [0.05, 0.1) is 16.9 Å². The van der Waals surface area contributed by atoms with Crippen LogP contribution in [0.1, 0.15) is 16.3 Å². The highest BCUT2D eigenvalue weighted by Gasteiger charge is 2.03. The van der Waals surface area contributed by atoms with E-state index in [0.29, 0.717) is 0 Å². The van der Waals surface area contributed by atoms with E-state index in [9.17, 15) is 0 Å². The molecule has 2 aromatic heterocycles. The molecule has 4 nitrogen and oxygen atoms in total. The average molecular weight is 287 g/mol. The first kappa shape index (κ1) is 10.8. The number of hydrogen-bond acceptors (Lipinski definition) is 4. The summed E-state index contributed by atoms with van der Waals surface area (Å²) in [7, 11) is 0. The fourth-order valence-electron chi connectivity index (χ4n) is 1.29. The number of aromatic nitrogens is 4. The Morgan fingerprint density at radius 1 is 1.53 bits per heavy atom. The van der Waals surface area contributed by atoms with Gasteiger partial charge in [0.15, 0.2) is 0 Å². The smallest absolute Gasteiger partial charge is 0.0932 e. The van der Waals surface area contributed by atoms with Crippen LogP contribution < -0.4 is 0 Å². The molecule has 0 saturated heterocycles. The van der Waals surface area contributed by atoms with E-state index < -0.39 is 0 Å². The molecule has 0 aliphatic carbocycles. The fourth-order valence-corrected chi connectivity index (χ4v) is 2.32. The van der Waals surface area contributed by atoms with Crippen molar-refractivity contribution in [2.75, 3.05) is 0 Å². The highest BCUT2D eigenvalue weighted by molar-refractivity contribution is 9.08. The molecule has 0 aliphatic heterocycles. The number of alkyl halides is 1. The van der Waals surface area contributed by atoms with Crippen molar-refractivity contribution in [2.24, 2.45) is 0 Å². The zero-order chi connectivity index (χ0) is 10.7. The molecule has 2 heterocycles. The van der Waals surface area contributed by atoms with E-state index in [0.717, 1.165) is 29.7 Å². The van der Waals surface area contributed by atoms with Gasteiger partial charge in [0.1, 0.15) is 0 Å². The SMILES string of the molecule is Cc1ncsc1CCn1cc(CBr)nn1. The van der Waals surface area contributed by atoms with Crippen LogP contribution in [0.25, 0.3) is 0 Å². The minimum absolute atomic E-state index is 0.757.